The van der Waals surface area contributed by atoms with E-state index in [9.17, 15) is 5.11 Å². The lowest BCUT2D eigenvalue weighted by Crippen LogP contribution is -2.25. The molecule has 0 saturated heterocycles. The Morgan fingerprint density at radius 3 is 2.78 bits per heavy atom. The minimum absolute atomic E-state index is 0.324. The Balaban J connectivity index is 2.26. The van der Waals surface area contributed by atoms with E-state index >= 15 is 0 Å². The van der Waals surface area contributed by atoms with Gasteiger partial charge in [0.05, 0.1) is 25.9 Å². The van der Waals surface area contributed by atoms with Crippen LogP contribution in [-0.4, -0.2) is 44.7 Å². The minimum Gasteiger partial charge on any atom is -0.389 e. The first-order valence-electron chi connectivity index (χ1n) is 6.34. The summed E-state index contributed by atoms with van der Waals surface area (Å²) in [5.74, 6) is 0. The number of hydrogen-bond donors (Lipinski definition) is 2. The second kappa shape index (κ2) is 8.91. The molecule has 0 saturated carbocycles. The van der Waals surface area contributed by atoms with Crippen LogP contribution in [0, 0.1) is 0 Å². The first kappa shape index (κ1) is 15.0. The number of anilines is 1. The van der Waals surface area contributed by atoms with Gasteiger partial charge in [-0.15, -0.1) is 0 Å². The van der Waals surface area contributed by atoms with E-state index in [0.717, 1.165) is 12.1 Å². The van der Waals surface area contributed by atoms with Crippen molar-refractivity contribution in [3.05, 3.63) is 29.8 Å². The van der Waals surface area contributed by atoms with Gasteiger partial charge in [0.25, 0.3) is 0 Å². The van der Waals surface area contributed by atoms with Crippen molar-refractivity contribution in [3.8, 4) is 0 Å². The molecule has 1 aromatic carbocycles. The topological polar surface area (TPSA) is 50.7 Å². The van der Waals surface area contributed by atoms with Crippen molar-refractivity contribution in [1.82, 2.24) is 0 Å². The molecule has 0 heterocycles. The average molecular weight is 253 g/mol. The van der Waals surface area contributed by atoms with Crippen LogP contribution in [-0.2, 0) is 15.9 Å². The molecule has 1 atom stereocenters. The summed E-state index contributed by atoms with van der Waals surface area (Å²) >= 11 is 0. The number of benzene rings is 1. The van der Waals surface area contributed by atoms with Crippen LogP contribution in [0.2, 0.25) is 0 Å². The van der Waals surface area contributed by atoms with Crippen molar-refractivity contribution >= 4 is 5.69 Å². The van der Waals surface area contributed by atoms with Gasteiger partial charge in [0, 0.05) is 19.3 Å². The van der Waals surface area contributed by atoms with E-state index in [1.807, 2.05) is 18.2 Å². The fraction of sp³-hybridized carbons (Fsp3) is 0.571. The molecule has 0 radical (unpaired) electrons. The molecule has 102 valence electrons. The van der Waals surface area contributed by atoms with Crippen LogP contribution in [0.25, 0.3) is 0 Å². The number of para-hydroxylation sites is 1. The van der Waals surface area contributed by atoms with Crippen molar-refractivity contribution in [3.63, 3.8) is 0 Å². The van der Waals surface area contributed by atoms with Crippen molar-refractivity contribution in [2.45, 2.75) is 19.4 Å². The van der Waals surface area contributed by atoms with Crippen LogP contribution in [0.4, 0.5) is 5.69 Å². The Morgan fingerprint density at radius 2 is 2.06 bits per heavy atom. The molecule has 0 aromatic heterocycles. The molecular weight excluding hydrogens is 230 g/mol. The minimum atomic E-state index is -0.508. The summed E-state index contributed by atoms with van der Waals surface area (Å²) in [5.41, 5.74) is 2.33. The molecule has 0 spiro atoms. The van der Waals surface area contributed by atoms with Crippen LogP contribution in [0.15, 0.2) is 24.3 Å². The Kier molecular flexibility index (Phi) is 7.41. The van der Waals surface area contributed by atoms with Gasteiger partial charge in [-0.05, 0) is 18.1 Å². The smallest absolute Gasteiger partial charge is 0.0945 e. The predicted molar refractivity (Wildman–Crippen MR) is 73.0 cm³/mol. The van der Waals surface area contributed by atoms with Gasteiger partial charge in [-0.1, -0.05) is 25.1 Å². The zero-order valence-corrected chi connectivity index (χ0v) is 11.2. The summed E-state index contributed by atoms with van der Waals surface area (Å²) in [6, 6.07) is 8.12. The molecule has 0 aliphatic heterocycles. The second-order valence-corrected chi connectivity index (χ2v) is 4.11. The molecule has 1 unspecified atom stereocenters. The summed E-state index contributed by atoms with van der Waals surface area (Å²) in [4.78, 5) is 0. The van der Waals surface area contributed by atoms with Gasteiger partial charge in [0.15, 0.2) is 0 Å². The predicted octanol–water partition coefficient (Wildman–Crippen LogP) is 1.68. The number of nitrogens with one attached hydrogen (secondary N) is 1. The Bertz CT molecular complexity index is 331. The van der Waals surface area contributed by atoms with Gasteiger partial charge in [-0.2, -0.15) is 0 Å². The third-order valence-corrected chi connectivity index (χ3v) is 2.67. The Morgan fingerprint density at radius 1 is 1.28 bits per heavy atom. The highest BCUT2D eigenvalue weighted by molar-refractivity contribution is 5.51. The lowest BCUT2D eigenvalue weighted by molar-refractivity contribution is 0.0182. The Hall–Kier alpha value is -1.10. The highest BCUT2D eigenvalue weighted by Crippen LogP contribution is 2.15. The third-order valence-electron chi connectivity index (χ3n) is 2.67. The molecule has 0 fully saturated rings. The van der Waals surface area contributed by atoms with Crippen LogP contribution >= 0.6 is 0 Å². The number of aliphatic hydroxyl groups is 1. The largest absolute Gasteiger partial charge is 0.389 e. The average Bonchev–Trinajstić information content (AvgIpc) is 2.41. The van der Waals surface area contributed by atoms with E-state index in [2.05, 4.69) is 18.3 Å². The number of aryl methyl sites for hydroxylation is 1. The zero-order valence-electron chi connectivity index (χ0n) is 11.2. The molecule has 4 nitrogen and oxygen atoms in total. The summed E-state index contributed by atoms with van der Waals surface area (Å²) in [6.45, 7) is 4.00. The molecule has 0 aliphatic rings. The van der Waals surface area contributed by atoms with E-state index in [1.54, 1.807) is 7.11 Å². The van der Waals surface area contributed by atoms with Gasteiger partial charge in [0.1, 0.15) is 0 Å². The SMILES string of the molecule is CCc1ccccc1NCC(O)COCCOC. The number of rotatable bonds is 9. The molecule has 0 amide bonds. The fourth-order valence-corrected chi connectivity index (χ4v) is 1.65. The lowest BCUT2D eigenvalue weighted by Gasteiger charge is -2.15. The van der Waals surface area contributed by atoms with Crippen molar-refractivity contribution in [1.29, 1.82) is 0 Å². The number of methoxy groups -OCH3 is 1. The maximum Gasteiger partial charge on any atom is 0.0945 e. The lowest BCUT2D eigenvalue weighted by atomic mass is 10.1. The number of hydrogen-bond acceptors (Lipinski definition) is 4. The first-order valence-corrected chi connectivity index (χ1v) is 6.34. The van der Waals surface area contributed by atoms with Crippen molar-refractivity contribution < 1.29 is 14.6 Å². The Labute approximate surface area is 109 Å². The molecule has 4 heteroatoms. The van der Waals surface area contributed by atoms with Crippen LogP contribution in [0.1, 0.15) is 12.5 Å². The molecule has 0 bridgehead atoms. The van der Waals surface area contributed by atoms with Gasteiger partial charge in [0.2, 0.25) is 0 Å². The summed E-state index contributed by atoms with van der Waals surface area (Å²) in [6.07, 6.45) is 0.468. The second-order valence-electron chi connectivity index (χ2n) is 4.11. The van der Waals surface area contributed by atoms with Crippen molar-refractivity contribution in [2.75, 3.05) is 38.8 Å². The number of ether oxygens (including phenoxy) is 2. The number of aliphatic hydroxyl groups excluding tert-OH is 1. The molecule has 1 rings (SSSR count). The van der Waals surface area contributed by atoms with Gasteiger partial charge in [-0.3, -0.25) is 0 Å². The van der Waals surface area contributed by atoms with E-state index in [0.29, 0.717) is 26.4 Å². The first-order chi connectivity index (χ1) is 8.77. The maximum absolute atomic E-state index is 9.75. The molecule has 1 aromatic rings. The fourth-order valence-electron chi connectivity index (χ4n) is 1.65. The highest BCUT2D eigenvalue weighted by atomic mass is 16.5. The van der Waals surface area contributed by atoms with Gasteiger partial charge in [-0.25, -0.2) is 0 Å². The van der Waals surface area contributed by atoms with E-state index in [-0.39, 0.29) is 0 Å². The molecule has 0 aliphatic carbocycles. The zero-order chi connectivity index (χ0) is 13.2. The summed E-state index contributed by atoms with van der Waals surface area (Å²) in [7, 11) is 1.63. The van der Waals surface area contributed by atoms with Gasteiger partial charge < -0.3 is 19.9 Å². The highest BCUT2D eigenvalue weighted by Gasteiger charge is 2.05. The van der Waals surface area contributed by atoms with E-state index in [1.165, 1.54) is 5.56 Å². The standard InChI is InChI=1S/C14H23NO3/c1-3-12-6-4-5-7-14(12)15-10-13(16)11-18-9-8-17-2/h4-7,13,15-16H,3,8-11H2,1-2H3. The quantitative estimate of drug-likeness (QED) is 0.658. The van der Waals surface area contributed by atoms with Crippen molar-refractivity contribution in [2.24, 2.45) is 0 Å². The monoisotopic (exact) mass is 253 g/mol. The maximum atomic E-state index is 9.75. The summed E-state index contributed by atoms with van der Waals surface area (Å²) < 4.78 is 10.1. The van der Waals surface area contributed by atoms with Crippen LogP contribution in [0.3, 0.4) is 0 Å². The van der Waals surface area contributed by atoms with Crippen LogP contribution < -0.4 is 5.32 Å². The molecular formula is C14H23NO3. The van der Waals surface area contributed by atoms with Gasteiger partial charge >= 0.3 is 0 Å². The molecule has 18 heavy (non-hydrogen) atoms. The van der Waals surface area contributed by atoms with E-state index < -0.39 is 6.10 Å². The molecule has 2 N–H and O–H groups in total. The third kappa shape index (κ3) is 5.49. The van der Waals surface area contributed by atoms with Crippen LogP contribution in [0.5, 0.6) is 0 Å². The van der Waals surface area contributed by atoms with E-state index in [4.69, 9.17) is 9.47 Å². The normalized spacial score (nSPS) is 12.4. The summed E-state index contributed by atoms with van der Waals surface area (Å²) in [5, 5.41) is 13.0.